The predicted molar refractivity (Wildman–Crippen MR) is 138 cm³/mol. The number of carbonyl (C=O) groups is 5. The van der Waals surface area contributed by atoms with Crippen LogP contribution in [-0.2, 0) is 23.9 Å². The summed E-state index contributed by atoms with van der Waals surface area (Å²) in [6.07, 6.45) is 3.30. The van der Waals surface area contributed by atoms with Gasteiger partial charge in [0.1, 0.15) is 17.8 Å². The van der Waals surface area contributed by atoms with Crippen molar-refractivity contribution >= 4 is 29.6 Å². The molecule has 4 amide bonds. The highest BCUT2D eigenvalue weighted by atomic mass is 19.1. The number of alkyl halides is 1. The largest absolute Gasteiger partial charge is 0.453 e. The average molecular weight is 539 g/mol. The number of rotatable bonds is 10. The number of nitrogens with one attached hydrogen (secondary N) is 3. The summed E-state index contributed by atoms with van der Waals surface area (Å²) >= 11 is 0. The van der Waals surface area contributed by atoms with Crippen molar-refractivity contribution in [1.29, 1.82) is 0 Å². The van der Waals surface area contributed by atoms with E-state index in [0.717, 1.165) is 32.1 Å². The van der Waals surface area contributed by atoms with Gasteiger partial charge in [0.2, 0.25) is 17.6 Å². The zero-order valence-corrected chi connectivity index (χ0v) is 23.4. The molecule has 2 aliphatic carbocycles. The highest BCUT2D eigenvalue weighted by Crippen LogP contribution is 2.43. The lowest BCUT2D eigenvalue weighted by molar-refractivity contribution is -0.144. The van der Waals surface area contributed by atoms with Crippen molar-refractivity contribution in [2.24, 2.45) is 17.3 Å². The van der Waals surface area contributed by atoms with Gasteiger partial charge in [-0.1, -0.05) is 27.2 Å². The molecule has 1 aliphatic heterocycles. The Morgan fingerprint density at radius 3 is 2.21 bits per heavy atom. The number of likely N-dealkylation sites (tertiary alicyclic amines) is 1. The topological polar surface area (TPSA) is 134 Å². The first kappa shape index (κ1) is 29.8. The fraction of sp³-hybridized carbons (Fsp3) is 0.815. The Labute approximate surface area is 224 Å². The van der Waals surface area contributed by atoms with Gasteiger partial charge in [-0.3, -0.25) is 19.2 Å². The molecular weight excluding hydrogens is 495 g/mol. The van der Waals surface area contributed by atoms with Crippen molar-refractivity contribution in [2.45, 2.75) is 109 Å². The van der Waals surface area contributed by atoms with Gasteiger partial charge in [-0.2, -0.15) is 0 Å². The lowest BCUT2D eigenvalue weighted by atomic mass is 9.85. The maximum atomic E-state index is 14.3. The number of halogens is 1. The van der Waals surface area contributed by atoms with Gasteiger partial charge in [-0.15, -0.1) is 0 Å². The van der Waals surface area contributed by atoms with E-state index in [0.29, 0.717) is 6.54 Å². The molecule has 3 aliphatic rings. The van der Waals surface area contributed by atoms with E-state index in [1.165, 1.54) is 25.9 Å². The number of methoxy groups -OCH3 is 1. The Balaban J connectivity index is 1.84. The minimum absolute atomic E-state index is 0.0328. The van der Waals surface area contributed by atoms with Crippen molar-refractivity contribution in [3.8, 4) is 0 Å². The van der Waals surface area contributed by atoms with Gasteiger partial charge in [0.25, 0.3) is 5.91 Å². The monoisotopic (exact) mass is 538 g/mol. The van der Waals surface area contributed by atoms with E-state index in [2.05, 4.69) is 16.0 Å². The summed E-state index contributed by atoms with van der Waals surface area (Å²) in [6.45, 7) is 8.54. The van der Waals surface area contributed by atoms with Crippen molar-refractivity contribution in [1.82, 2.24) is 20.9 Å². The first-order valence-electron chi connectivity index (χ1n) is 13.6. The third kappa shape index (κ3) is 7.44. The Morgan fingerprint density at radius 1 is 1.00 bits per heavy atom. The van der Waals surface area contributed by atoms with Gasteiger partial charge in [0.05, 0.1) is 13.2 Å². The molecule has 0 radical (unpaired) electrons. The van der Waals surface area contributed by atoms with E-state index in [-0.39, 0.29) is 30.7 Å². The number of ketones is 1. The molecule has 1 saturated heterocycles. The Morgan fingerprint density at radius 2 is 1.66 bits per heavy atom. The van der Waals surface area contributed by atoms with Gasteiger partial charge >= 0.3 is 6.09 Å². The Kier molecular flexibility index (Phi) is 9.08. The van der Waals surface area contributed by atoms with Crippen LogP contribution >= 0.6 is 0 Å². The Bertz CT molecular complexity index is 939. The van der Waals surface area contributed by atoms with Crippen LogP contribution in [0.1, 0.15) is 79.6 Å². The molecule has 11 heteroatoms. The quantitative estimate of drug-likeness (QED) is 0.365. The summed E-state index contributed by atoms with van der Waals surface area (Å²) in [5.41, 5.74) is -2.27. The molecule has 0 spiro atoms. The van der Waals surface area contributed by atoms with Crippen molar-refractivity contribution in [3.05, 3.63) is 0 Å². The average Bonchev–Trinajstić information content (AvgIpc) is 3.38. The molecule has 5 atom stereocenters. The fourth-order valence-corrected chi connectivity index (χ4v) is 5.52. The van der Waals surface area contributed by atoms with Crippen LogP contribution in [0.2, 0.25) is 0 Å². The third-order valence-electron chi connectivity index (χ3n) is 7.80. The van der Waals surface area contributed by atoms with Crippen LogP contribution in [0.3, 0.4) is 0 Å². The summed E-state index contributed by atoms with van der Waals surface area (Å²) in [5.74, 6) is -2.53. The molecule has 10 nitrogen and oxygen atoms in total. The number of hydrogen-bond acceptors (Lipinski definition) is 6. The minimum Gasteiger partial charge on any atom is -0.453 e. The number of nitrogens with zero attached hydrogens (tertiary/aromatic N) is 1. The minimum atomic E-state index is -1.60. The zero-order chi connectivity index (χ0) is 28.4. The van der Waals surface area contributed by atoms with Crippen LogP contribution in [0.25, 0.3) is 0 Å². The van der Waals surface area contributed by atoms with Crippen LogP contribution in [-0.4, -0.2) is 78.0 Å². The summed E-state index contributed by atoms with van der Waals surface area (Å²) < 4.78 is 19.0. The first-order chi connectivity index (χ1) is 17.6. The van der Waals surface area contributed by atoms with E-state index >= 15 is 0 Å². The lowest BCUT2D eigenvalue weighted by Crippen LogP contribution is -2.60. The fourth-order valence-electron chi connectivity index (χ4n) is 5.52. The number of Topliss-reactive ketones (excluding diaryl/α,β-unsaturated/α-hetero) is 1. The predicted octanol–water partition coefficient (Wildman–Crippen LogP) is 2.25. The summed E-state index contributed by atoms with van der Waals surface area (Å²) in [5, 5.41) is 7.96. The molecule has 0 unspecified atom stereocenters. The zero-order valence-electron chi connectivity index (χ0n) is 23.4. The summed E-state index contributed by atoms with van der Waals surface area (Å²) in [6, 6.07) is -3.06. The number of hydrogen-bond donors (Lipinski definition) is 3. The SMILES string of the molecule is COC(=O)N[C@H](C(=O)N1C[C@@H]2CCC[C@@H]2[C@H]1C(=O)N[C@@H](CCC(C)(C)F)C(=O)C(=O)NC1CC1)C(C)(C)C. The molecular formula is C27H43FN4O6. The maximum Gasteiger partial charge on any atom is 0.407 e. The molecule has 3 rings (SSSR count). The summed E-state index contributed by atoms with van der Waals surface area (Å²) in [7, 11) is 1.21. The lowest BCUT2D eigenvalue weighted by Gasteiger charge is -2.36. The van der Waals surface area contributed by atoms with E-state index in [9.17, 15) is 28.4 Å². The highest BCUT2D eigenvalue weighted by Gasteiger charge is 2.52. The van der Waals surface area contributed by atoms with E-state index < -0.39 is 58.8 Å². The van der Waals surface area contributed by atoms with Crippen LogP contribution in [0, 0.1) is 17.3 Å². The molecule has 0 aromatic rings. The highest BCUT2D eigenvalue weighted by molar-refractivity contribution is 6.38. The number of ether oxygens (including phenoxy) is 1. The van der Waals surface area contributed by atoms with Gasteiger partial charge in [0, 0.05) is 12.6 Å². The molecule has 3 N–H and O–H groups in total. The van der Waals surface area contributed by atoms with Crippen molar-refractivity contribution < 1.29 is 33.1 Å². The van der Waals surface area contributed by atoms with Crippen LogP contribution in [0.15, 0.2) is 0 Å². The molecule has 0 bridgehead atoms. The van der Waals surface area contributed by atoms with Crippen molar-refractivity contribution in [2.75, 3.05) is 13.7 Å². The smallest absolute Gasteiger partial charge is 0.407 e. The normalized spacial score (nSPS) is 24.7. The number of amides is 4. The standard InChI is InChI=1S/C27H43FN4O6/c1-26(2,3)21(31-25(37)38-6)24(36)32-14-15-8-7-9-17(15)19(32)22(34)30-18(12-13-27(4,5)28)20(33)23(35)29-16-10-11-16/h15-19,21H,7-14H2,1-6H3,(H,29,35)(H,30,34)(H,31,37)/t15-,17-,18-,19-,21+/m0/s1. The van der Waals surface area contributed by atoms with Gasteiger partial charge in [-0.05, 0) is 69.6 Å². The number of carbonyl (C=O) groups excluding carboxylic acids is 5. The number of fused-ring (bicyclic) bond motifs is 1. The van der Waals surface area contributed by atoms with Gasteiger partial charge in [0.15, 0.2) is 0 Å². The van der Waals surface area contributed by atoms with Crippen molar-refractivity contribution in [3.63, 3.8) is 0 Å². The van der Waals surface area contributed by atoms with Gasteiger partial charge < -0.3 is 25.6 Å². The van der Waals surface area contributed by atoms with Crippen LogP contribution < -0.4 is 16.0 Å². The first-order valence-corrected chi connectivity index (χ1v) is 13.6. The number of alkyl carbamates (subject to hydrolysis) is 1. The second-order valence-corrected chi connectivity index (χ2v) is 12.7. The molecule has 38 heavy (non-hydrogen) atoms. The second kappa shape index (κ2) is 11.6. The maximum absolute atomic E-state index is 14.3. The molecule has 0 aromatic carbocycles. The van der Waals surface area contributed by atoms with Gasteiger partial charge in [-0.25, -0.2) is 9.18 Å². The summed E-state index contributed by atoms with van der Waals surface area (Å²) in [4.78, 5) is 66.6. The van der Waals surface area contributed by atoms with E-state index in [1.807, 2.05) is 20.8 Å². The second-order valence-electron chi connectivity index (χ2n) is 12.7. The molecule has 3 fully saturated rings. The van der Waals surface area contributed by atoms with E-state index in [1.54, 1.807) is 0 Å². The molecule has 214 valence electrons. The third-order valence-corrected chi connectivity index (χ3v) is 7.80. The van der Waals surface area contributed by atoms with Crippen LogP contribution in [0.4, 0.5) is 9.18 Å². The molecule has 0 aromatic heterocycles. The van der Waals surface area contributed by atoms with Crippen LogP contribution in [0.5, 0.6) is 0 Å². The Hall–Kier alpha value is -2.72. The molecule has 2 saturated carbocycles. The van der Waals surface area contributed by atoms with E-state index in [4.69, 9.17) is 4.74 Å². The molecule has 1 heterocycles.